The van der Waals surface area contributed by atoms with Crippen molar-refractivity contribution < 1.29 is 4.79 Å². The summed E-state index contributed by atoms with van der Waals surface area (Å²) in [4.78, 5) is 16.2. The van der Waals surface area contributed by atoms with E-state index in [1.807, 2.05) is 31.2 Å². The minimum atomic E-state index is -0.136. The number of anilines is 2. The normalized spacial score (nSPS) is 10.0. The summed E-state index contributed by atoms with van der Waals surface area (Å²) in [6.45, 7) is 2.76. The summed E-state index contributed by atoms with van der Waals surface area (Å²) in [5, 5.41) is 5.94. The summed E-state index contributed by atoms with van der Waals surface area (Å²) < 4.78 is 1.13. The highest BCUT2D eigenvalue weighted by atomic mass is 127. The molecule has 98 valence electrons. The van der Waals surface area contributed by atoms with E-state index in [2.05, 4.69) is 38.2 Å². The van der Waals surface area contributed by atoms with Crippen LogP contribution >= 0.6 is 22.6 Å². The lowest BCUT2D eigenvalue weighted by atomic mass is 10.2. The van der Waals surface area contributed by atoms with Gasteiger partial charge in [0.25, 0.3) is 5.91 Å². The zero-order chi connectivity index (χ0) is 13.7. The average Bonchev–Trinajstić information content (AvgIpc) is 2.42. The smallest absolute Gasteiger partial charge is 0.255 e. The zero-order valence-corrected chi connectivity index (χ0v) is 12.6. The van der Waals surface area contributed by atoms with Gasteiger partial charge in [-0.3, -0.25) is 4.79 Å². The summed E-state index contributed by atoms with van der Waals surface area (Å²) >= 11 is 2.23. The van der Waals surface area contributed by atoms with Crippen LogP contribution in [0.5, 0.6) is 0 Å². The first kappa shape index (κ1) is 13.8. The van der Waals surface area contributed by atoms with Crippen molar-refractivity contribution in [2.24, 2.45) is 0 Å². The van der Waals surface area contributed by atoms with Gasteiger partial charge in [-0.05, 0) is 65.9 Å². The second kappa shape index (κ2) is 6.51. The summed E-state index contributed by atoms with van der Waals surface area (Å²) in [5.41, 5.74) is 1.37. The first-order valence-corrected chi connectivity index (χ1v) is 7.04. The molecule has 1 amide bonds. The van der Waals surface area contributed by atoms with Crippen molar-refractivity contribution in [1.82, 2.24) is 4.98 Å². The van der Waals surface area contributed by atoms with E-state index >= 15 is 0 Å². The Hall–Kier alpha value is -1.63. The van der Waals surface area contributed by atoms with E-state index in [0.29, 0.717) is 11.4 Å². The predicted octanol–water partition coefficient (Wildman–Crippen LogP) is 3.37. The second-order valence-corrected chi connectivity index (χ2v) is 5.17. The van der Waals surface area contributed by atoms with E-state index in [9.17, 15) is 4.79 Å². The molecule has 0 spiro atoms. The quantitative estimate of drug-likeness (QED) is 0.815. The Bertz CT molecular complexity index is 569. The molecule has 0 bridgehead atoms. The third-order valence-corrected chi connectivity index (χ3v) is 3.20. The van der Waals surface area contributed by atoms with Gasteiger partial charge in [0.15, 0.2) is 0 Å². The topological polar surface area (TPSA) is 54.0 Å². The molecule has 2 N–H and O–H groups in total. The van der Waals surface area contributed by atoms with Crippen molar-refractivity contribution in [3.63, 3.8) is 0 Å². The summed E-state index contributed by atoms with van der Waals surface area (Å²) in [5.74, 6) is 0.570. The van der Waals surface area contributed by atoms with Gasteiger partial charge in [0.2, 0.25) is 0 Å². The fourth-order valence-corrected chi connectivity index (χ4v) is 1.95. The molecule has 0 unspecified atom stereocenters. The minimum Gasteiger partial charge on any atom is -0.370 e. The average molecular weight is 367 g/mol. The van der Waals surface area contributed by atoms with E-state index < -0.39 is 0 Å². The molecule has 0 saturated carbocycles. The van der Waals surface area contributed by atoms with Crippen LogP contribution in [0, 0.1) is 3.57 Å². The molecule has 1 aromatic carbocycles. The molecule has 2 rings (SSSR count). The van der Waals surface area contributed by atoms with Gasteiger partial charge in [0.05, 0.1) is 0 Å². The Morgan fingerprint density at radius 3 is 2.68 bits per heavy atom. The number of nitrogens with one attached hydrogen (secondary N) is 2. The van der Waals surface area contributed by atoms with Crippen molar-refractivity contribution in [3.8, 4) is 0 Å². The van der Waals surface area contributed by atoms with Gasteiger partial charge < -0.3 is 10.6 Å². The molecule has 4 nitrogen and oxygen atoms in total. The Labute approximate surface area is 125 Å². The number of pyridine rings is 1. The van der Waals surface area contributed by atoms with E-state index in [4.69, 9.17) is 0 Å². The van der Waals surface area contributed by atoms with Gasteiger partial charge in [-0.15, -0.1) is 0 Å². The van der Waals surface area contributed by atoms with Crippen LogP contribution in [0.3, 0.4) is 0 Å². The Morgan fingerprint density at radius 2 is 2.00 bits per heavy atom. The SMILES string of the molecule is CCNc1cc(C(=O)Nc2ccc(I)cc2)ccn1. The van der Waals surface area contributed by atoms with Crippen LogP contribution in [0.2, 0.25) is 0 Å². The predicted molar refractivity (Wildman–Crippen MR) is 85.5 cm³/mol. The van der Waals surface area contributed by atoms with Crippen LogP contribution in [0.25, 0.3) is 0 Å². The molecule has 0 saturated heterocycles. The molecule has 0 aliphatic rings. The van der Waals surface area contributed by atoms with Gasteiger partial charge >= 0.3 is 0 Å². The van der Waals surface area contributed by atoms with E-state index in [1.165, 1.54) is 0 Å². The standard InChI is InChI=1S/C14H14IN3O/c1-2-16-13-9-10(7-8-17-13)14(19)18-12-5-3-11(15)4-6-12/h3-9H,2H2,1H3,(H,16,17)(H,18,19). The molecule has 0 atom stereocenters. The highest BCUT2D eigenvalue weighted by Gasteiger charge is 2.07. The fourth-order valence-electron chi connectivity index (χ4n) is 1.59. The number of benzene rings is 1. The minimum absolute atomic E-state index is 0.136. The number of amides is 1. The molecule has 5 heteroatoms. The monoisotopic (exact) mass is 367 g/mol. The lowest BCUT2D eigenvalue weighted by Crippen LogP contribution is -2.12. The highest BCUT2D eigenvalue weighted by molar-refractivity contribution is 14.1. The van der Waals surface area contributed by atoms with Crippen molar-refractivity contribution in [2.75, 3.05) is 17.2 Å². The van der Waals surface area contributed by atoms with Crippen molar-refractivity contribution in [2.45, 2.75) is 6.92 Å². The maximum Gasteiger partial charge on any atom is 0.255 e. The van der Waals surface area contributed by atoms with Crippen LogP contribution < -0.4 is 10.6 Å². The maximum absolute atomic E-state index is 12.1. The summed E-state index contributed by atoms with van der Waals surface area (Å²) in [6.07, 6.45) is 1.63. The third-order valence-electron chi connectivity index (χ3n) is 2.48. The molecule has 19 heavy (non-hydrogen) atoms. The number of hydrogen-bond donors (Lipinski definition) is 2. The fraction of sp³-hybridized carbons (Fsp3) is 0.143. The highest BCUT2D eigenvalue weighted by Crippen LogP contribution is 2.13. The van der Waals surface area contributed by atoms with Crippen LogP contribution in [0.15, 0.2) is 42.6 Å². The van der Waals surface area contributed by atoms with Crippen LogP contribution in [0.4, 0.5) is 11.5 Å². The molecule has 2 aromatic rings. The number of hydrogen-bond acceptors (Lipinski definition) is 3. The summed E-state index contributed by atoms with van der Waals surface area (Å²) in [6, 6.07) is 11.1. The lowest BCUT2D eigenvalue weighted by molar-refractivity contribution is 0.102. The number of carbonyl (C=O) groups excluding carboxylic acids is 1. The lowest BCUT2D eigenvalue weighted by Gasteiger charge is -2.07. The molecule has 0 aliphatic carbocycles. The molecular formula is C14H14IN3O. The van der Waals surface area contributed by atoms with Crippen molar-refractivity contribution in [1.29, 1.82) is 0 Å². The molecule has 0 fully saturated rings. The van der Waals surface area contributed by atoms with Gasteiger partial charge in [0, 0.05) is 27.6 Å². The summed E-state index contributed by atoms with van der Waals surface area (Å²) in [7, 11) is 0. The number of rotatable bonds is 4. The number of carbonyl (C=O) groups is 1. The van der Waals surface area contributed by atoms with Crippen LogP contribution in [0.1, 0.15) is 17.3 Å². The van der Waals surface area contributed by atoms with E-state index in [1.54, 1.807) is 18.3 Å². The number of nitrogens with zero attached hydrogens (tertiary/aromatic N) is 1. The number of aromatic nitrogens is 1. The van der Waals surface area contributed by atoms with Gasteiger partial charge in [-0.1, -0.05) is 0 Å². The van der Waals surface area contributed by atoms with Crippen LogP contribution in [-0.2, 0) is 0 Å². The van der Waals surface area contributed by atoms with Gasteiger partial charge in [0.1, 0.15) is 5.82 Å². The number of halogens is 1. The third kappa shape index (κ3) is 3.92. The Morgan fingerprint density at radius 1 is 1.26 bits per heavy atom. The van der Waals surface area contributed by atoms with Gasteiger partial charge in [-0.2, -0.15) is 0 Å². The molecule has 0 aliphatic heterocycles. The molecule has 0 radical (unpaired) electrons. The zero-order valence-electron chi connectivity index (χ0n) is 10.5. The molecule has 1 heterocycles. The second-order valence-electron chi connectivity index (χ2n) is 3.92. The Balaban J connectivity index is 2.11. The largest absolute Gasteiger partial charge is 0.370 e. The van der Waals surface area contributed by atoms with E-state index in [0.717, 1.165) is 15.8 Å². The van der Waals surface area contributed by atoms with E-state index in [-0.39, 0.29) is 5.91 Å². The Kier molecular flexibility index (Phi) is 4.73. The molecular weight excluding hydrogens is 353 g/mol. The van der Waals surface area contributed by atoms with Crippen molar-refractivity contribution >= 4 is 40.0 Å². The first-order chi connectivity index (χ1) is 9.19. The van der Waals surface area contributed by atoms with Crippen LogP contribution in [-0.4, -0.2) is 17.4 Å². The van der Waals surface area contributed by atoms with Gasteiger partial charge in [-0.25, -0.2) is 4.98 Å². The molecule has 1 aromatic heterocycles. The van der Waals surface area contributed by atoms with Crippen molar-refractivity contribution in [3.05, 3.63) is 51.7 Å². The maximum atomic E-state index is 12.1. The first-order valence-electron chi connectivity index (χ1n) is 5.96.